The normalized spacial score (nSPS) is 14.5. The number of carbonyl (C=O) groups is 3. The van der Waals surface area contributed by atoms with Crippen molar-refractivity contribution >= 4 is 18.0 Å². The van der Waals surface area contributed by atoms with Crippen LogP contribution in [0.5, 0.6) is 5.75 Å². The number of hydrogen-bond donors (Lipinski definition) is 2. The van der Waals surface area contributed by atoms with Gasteiger partial charge < -0.3 is 20.1 Å². The standard InChI is InChI=1S/C20H26N2O5/c23-18(11-12-19(24)27-17-9-5-2-6-10-17)26-14-13-21-20(25)22-15-16-7-3-1-4-8-16/h2,5-6,9-12,16H,1,3-4,7-8,13-15H2,(H2,21,22,25)/b12-11+. The Bertz CT molecular complexity index is 639. The second-order valence-electron chi connectivity index (χ2n) is 6.38. The van der Waals surface area contributed by atoms with E-state index >= 15 is 0 Å². The van der Waals surface area contributed by atoms with Crippen molar-refractivity contribution in [2.75, 3.05) is 19.7 Å². The molecule has 2 rings (SSSR count). The summed E-state index contributed by atoms with van der Waals surface area (Å²) in [6.45, 7) is 0.899. The van der Waals surface area contributed by atoms with Crippen molar-refractivity contribution < 1.29 is 23.9 Å². The Balaban J connectivity index is 1.53. The van der Waals surface area contributed by atoms with Crippen LogP contribution in [0.1, 0.15) is 32.1 Å². The number of benzene rings is 1. The molecule has 0 bridgehead atoms. The van der Waals surface area contributed by atoms with Gasteiger partial charge >= 0.3 is 18.0 Å². The fourth-order valence-corrected chi connectivity index (χ4v) is 2.83. The summed E-state index contributed by atoms with van der Waals surface area (Å²) in [5.74, 6) is -0.394. The third-order valence-electron chi connectivity index (χ3n) is 4.23. The molecule has 1 saturated carbocycles. The van der Waals surface area contributed by atoms with Crippen molar-refractivity contribution in [2.45, 2.75) is 32.1 Å². The Morgan fingerprint density at radius 3 is 2.41 bits per heavy atom. The molecule has 0 saturated heterocycles. The molecule has 0 radical (unpaired) electrons. The summed E-state index contributed by atoms with van der Waals surface area (Å²) in [4.78, 5) is 34.8. The van der Waals surface area contributed by atoms with Crippen LogP contribution in [0, 0.1) is 5.92 Å². The van der Waals surface area contributed by atoms with Crippen LogP contribution in [-0.2, 0) is 14.3 Å². The summed E-state index contributed by atoms with van der Waals surface area (Å²) in [5, 5.41) is 5.47. The van der Waals surface area contributed by atoms with E-state index < -0.39 is 11.9 Å². The second kappa shape index (κ2) is 11.7. The molecule has 0 aromatic heterocycles. The Morgan fingerprint density at radius 1 is 0.963 bits per heavy atom. The smallest absolute Gasteiger partial charge is 0.336 e. The fourth-order valence-electron chi connectivity index (χ4n) is 2.83. The minimum Gasteiger partial charge on any atom is -0.461 e. The van der Waals surface area contributed by atoms with Crippen LogP contribution >= 0.6 is 0 Å². The molecule has 1 aromatic carbocycles. The molecule has 0 unspecified atom stereocenters. The van der Waals surface area contributed by atoms with Gasteiger partial charge in [-0.05, 0) is 30.9 Å². The van der Waals surface area contributed by atoms with E-state index in [9.17, 15) is 14.4 Å². The number of para-hydroxylation sites is 1. The van der Waals surface area contributed by atoms with Crippen LogP contribution in [0.2, 0.25) is 0 Å². The molecule has 7 nitrogen and oxygen atoms in total. The maximum Gasteiger partial charge on any atom is 0.336 e. The first-order chi connectivity index (χ1) is 13.1. The minimum absolute atomic E-state index is 0.0216. The number of urea groups is 1. The van der Waals surface area contributed by atoms with Crippen LogP contribution in [-0.4, -0.2) is 37.7 Å². The largest absolute Gasteiger partial charge is 0.461 e. The summed E-state index contributed by atoms with van der Waals surface area (Å²) in [6.07, 6.45) is 8.07. The molecular weight excluding hydrogens is 348 g/mol. The van der Waals surface area contributed by atoms with Gasteiger partial charge in [-0.2, -0.15) is 0 Å². The Labute approximate surface area is 159 Å². The topological polar surface area (TPSA) is 93.7 Å². The van der Waals surface area contributed by atoms with Crippen molar-refractivity contribution in [1.29, 1.82) is 0 Å². The number of nitrogens with one attached hydrogen (secondary N) is 2. The van der Waals surface area contributed by atoms with E-state index in [1.165, 1.54) is 19.3 Å². The van der Waals surface area contributed by atoms with Gasteiger partial charge in [0, 0.05) is 18.7 Å². The number of esters is 2. The number of amides is 2. The highest BCUT2D eigenvalue weighted by Gasteiger charge is 2.14. The zero-order valence-electron chi connectivity index (χ0n) is 15.3. The highest BCUT2D eigenvalue weighted by Crippen LogP contribution is 2.22. The molecule has 27 heavy (non-hydrogen) atoms. The zero-order valence-corrected chi connectivity index (χ0v) is 15.3. The van der Waals surface area contributed by atoms with Gasteiger partial charge in [-0.15, -0.1) is 0 Å². The lowest BCUT2D eigenvalue weighted by Gasteiger charge is -2.21. The lowest BCUT2D eigenvalue weighted by molar-refractivity contribution is -0.138. The molecular formula is C20H26N2O5. The average Bonchev–Trinajstić information content (AvgIpc) is 2.69. The average molecular weight is 374 g/mol. The Kier molecular flexibility index (Phi) is 8.89. The first kappa shape index (κ1) is 20.5. The third kappa shape index (κ3) is 8.89. The third-order valence-corrected chi connectivity index (χ3v) is 4.23. The lowest BCUT2D eigenvalue weighted by atomic mass is 9.89. The molecule has 2 N–H and O–H groups in total. The van der Waals surface area contributed by atoms with Crippen LogP contribution < -0.4 is 15.4 Å². The van der Waals surface area contributed by atoms with Crippen molar-refractivity contribution in [3.63, 3.8) is 0 Å². The number of ether oxygens (including phenoxy) is 2. The van der Waals surface area contributed by atoms with Gasteiger partial charge in [-0.3, -0.25) is 0 Å². The van der Waals surface area contributed by atoms with Gasteiger partial charge in [0.2, 0.25) is 0 Å². The van der Waals surface area contributed by atoms with E-state index in [0.29, 0.717) is 18.2 Å². The molecule has 7 heteroatoms. The first-order valence-corrected chi connectivity index (χ1v) is 9.27. The van der Waals surface area contributed by atoms with Crippen LogP contribution in [0.3, 0.4) is 0 Å². The summed E-state index contributed by atoms with van der Waals surface area (Å²) < 4.78 is 9.91. The van der Waals surface area contributed by atoms with Crippen LogP contribution in [0.4, 0.5) is 4.79 Å². The summed E-state index contributed by atoms with van der Waals surface area (Å²) >= 11 is 0. The van der Waals surface area contributed by atoms with Gasteiger partial charge in [0.25, 0.3) is 0 Å². The molecule has 1 fully saturated rings. The number of carbonyl (C=O) groups excluding carboxylic acids is 3. The molecule has 0 aliphatic heterocycles. The van der Waals surface area contributed by atoms with Gasteiger partial charge in [0.1, 0.15) is 12.4 Å². The van der Waals surface area contributed by atoms with Crippen LogP contribution in [0.25, 0.3) is 0 Å². The molecule has 0 atom stereocenters. The van der Waals surface area contributed by atoms with Crippen molar-refractivity contribution in [1.82, 2.24) is 10.6 Å². The van der Waals surface area contributed by atoms with Gasteiger partial charge in [0.05, 0.1) is 6.54 Å². The predicted molar refractivity (Wildman–Crippen MR) is 100 cm³/mol. The predicted octanol–water partition coefficient (Wildman–Crippen LogP) is 2.57. The highest BCUT2D eigenvalue weighted by molar-refractivity contribution is 5.92. The second-order valence-corrected chi connectivity index (χ2v) is 6.38. The monoisotopic (exact) mass is 374 g/mol. The van der Waals surface area contributed by atoms with E-state index in [2.05, 4.69) is 10.6 Å². The lowest BCUT2D eigenvalue weighted by Crippen LogP contribution is -2.40. The summed E-state index contributed by atoms with van der Waals surface area (Å²) in [5.41, 5.74) is 0. The summed E-state index contributed by atoms with van der Waals surface area (Å²) in [6, 6.07) is 8.27. The quantitative estimate of drug-likeness (QED) is 0.316. The van der Waals surface area contributed by atoms with E-state index in [1.54, 1.807) is 30.3 Å². The fraction of sp³-hybridized carbons (Fsp3) is 0.450. The highest BCUT2D eigenvalue weighted by atomic mass is 16.5. The van der Waals surface area contributed by atoms with Crippen molar-refractivity contribution in [3.05, 3.63) is 42.5 Å². The van der Waals surface area contributed by atoms with Gasteiger partial charge in [-0.1, -0.05) is 37.5 Å². The molecule has 0 heterocycles. The molecule has 2 amide bonds. The molecule has 0 spiro atoms. The summed E-state index contributed by atoms with van der Waals surface area (Å²) in [7, 11) is 0. The van der Waals surface area contributed by atoms with Gasteiger partial charge in [0.15, 0.2) is 0 Å². The minimum atomic E-state index is -0.676. The number of rotatable bonds is 8. The molecule has 146 valence electrons. The maximum atomic E-state index is 11.7. The SMILES string of the molecule is O=C(NCCOC(=O)/C=C/C(=O)Oc1ccccc1)NCC1CCCCC1. The van der Waals surface area contributed by atoms with E-state index in [1.807, 2.05) is 0 Å². The molecule has 1 aliphatic rings. The Morgan fingerprint density at radius 2 is 1.67 bits per heavy atom. The van der Waals surface area contributed by atoms with E-state index in [-0.39, 0.29) is 19.2 Å². The van der Waals surface area contributed by atoms with E-state index in [4.69, 9.17) is 9.47 Å². The van der Waals surface area contributed by atoms with Gasteiger partial charge in [-0.25, -0.2) is 14.4 Å². The number of hydrogen-bond acceptors (Lipinski definition) is 5. The molecule has 1 aliphatic carbocycles. The maximum absolute atomic E-state index is 11.7. The van der Waals surface area contributed by atoms with Crippen molar-refractivity contribution in [2.24, 2.45) is 5.92 Å². The molecule has 1 aromatic rings. The van der Waals surface area contributed by atoms with Crippen molar-refractivity contribution in [3.8, 4) is 5.75 Å². The Hall–Kier alpha value is -2.83. The van der Waals surface area contributed by atoms with Crippen LogP contribution in [0.15, 0.2) is 42.5 Å². The first-order valence-electron chi connectivity index (χ1n) is 9.27. The van der Waals surface area contributed by atoms with E-state index in [0.717, 1.165) is 25.0 Å². The zero-order chi connectivity index (χ0) is 19.3.